The van der Waals surface area contributed by atoms with Crippen molar-refractivity contribution in [3.8, 4) is 5.75 Å². The maximum absolute atomic E-state index is 14.7. The van der Waals surface area contributed by atoms with E-state index in [-0.39, 0.29) is 35.2 Å². The van der Waals surface area contributed by atoms with E-state index in [9.17, 15) is 18.0 Å². The molecule has 0 saturated heterocycles. The maximum atomic E-state index is 14.7. The third kappa shape index (κ3) is 9.36. The van der Waals surface area contributed by atoms with E-state index in [1.165, 1.54) is 24.1 Å². The van der Waals surface area contributed by atoms with Crippen LogP contribution in [0.15, 0.2) is 102 Å². The van der Waals surface area contributed by atoms with Gasteiger partial charge in [0, 0.05) is 23.5 Å². The number of benzene rings is 4. The average Bonchev–Trinajstić information content (AvgIpc) is 3.02. The second-order valence-corrected chi connectivity index (χ2v) is 14.9. The highest BCUT2D eigenvalue weighted by molar-refractivity contribution is 7.92. The van der Waals surface area contributed by atoms with Gasteiger partial charge in [-0.2, -0.15) is 0 Å². The lowest BCUT2D eigenvalue weighted by atomic mass is 10.0. The lowest BCUT2D eigenvalue weighted by Crippen LogP contribution is -2.56. The molecule has 1 atom stereocenters. The summed E-state index contributed by atoms with van der Waals surface area (Å²) in [4.78, 5) is 30.2. The minimum absolute atomic E-state index is 0.0232. The molecular formula is C37H42ClN3O5S. The first-order valence-electron chi connectivity index (χ1n) is 15.3. The zero-order valence-electron chi connectivity index (χ0n) is 27.7. The summed E-state index contributed by atoms with van der Waals surface area (Å²) in [6.07, 6.45) is 0.209. The number of amides is 2. The summed E-state index contributed by atoms with van der Waals surface area (Å²) in [5, 5.41) is 3.56. The molecule has 0 aromatic heterocycles. The van der Waals surface area contributed by atoms with Crippen LogP contribution < -0.4 is 14.4 Å². The normalized spacial score (nSPS) is 12.2. The number of sulfonamides is 1. The lowest BCUT2D eigenvalue weighted by molar-refractivity contribution is -0.140. The average molecular weight is 676 g/mol. The number of carbonyl (C=O) groups excluding carboxylic acids is 2. The van der Waals surface area contributed by atoms with Crippen molar-refractivity contribution in [2.75, 3.05) is 18.0 Å². The number of carbonyl (C=O) groups is 2. The van der Waals surface area contributed by atoms with Crippen molar-refractivity contribution in [1.82, 2.24) is 10.2 Å². The number of anilines is 1. The molecule has 10 heteroatoms. The third-order valence-electron chi connectivity index (χ3n) is 7.53. The molecular weight excluding hydrogens is 634 g/mol. The second kappa shape index (κ2) is 15.0. The fourth-order valence-corrected chi connectivity index (χ4v) is 6.68. The number of nitrogens with one attached hydrogen (secondary N) is 1. The summed E-state index contributed by atoms with van der Waals surface area (Å²) in [5.41, 5.74) is 2.87. The van der Waals surface area contributed by atoms with Gasteiger partial charge in [0.15, 0.2) is 0 Å². The van der Waals surface area contributed by atoms with Crippen LogP contribution in [0.1, 0.15) is 43.0 Å². The first-order valence-corrected chi connectivity index (χ1v) is 17.1. The topological polar surface area (TPSA) is 96.0 Å². The molecule has 0 radical (unpaired) electrons. The van der Waals surface area contributed by atoms with E-state index in [2.05, 4.69) is 5.32 Å². The van der Waals surface area contributed by atoms with Gasteiger partial charge in [-0.25, -0.2) is 8.42 Å². The molecule has 0 unspecified atom stereocenters. The molecule has 8 nitrogen and oxygen atoms in total. The quantitative estimate of drug-likeness (QED) is 0.180. The van der Waals surface area contributed by atoms with Crippen molar-refractivity contribution in [3.63, 3.8) is 0 Å². The van der Waals surface area contributed by atoms with E-state index in [0.717, 1.165) is 26.6 Å². The smallest absolute Gasteiger partial charge is 0.264 e. The van der Waals surface area contributed by atoms with E-state index in [0.29, 0.717) is 5.02 Å². The Balaban J connectivity index is 1.86. The third-order valence-corrected chi connectivity index (χ3v) is 9.55. The molecule has 0 aliphatic heterocycles. The Bertz CT molecular complexity index is 1790. The van der Waals surface area contributed by atoms with E-state index in [4.69, 9.17) is 16.3 Å². The van der Waals surface area contributed by atoms with Crippen molar-refractivity contribution >= 4 is 39.1 Å². The zero-order chi connectivity index (χ0) is 34.4. The molecule has 0 aliphatic carbocycles. The predicted molar refractivity (Wildman–Crippen MR) is 187 cm³/mol. The highest BCUT2D eigenvalue weighted by Gasteiger charge is 2.36. The van der Waals surface area contributed by atoms with Crippen LogP contribution in [0.25, 0.3) is 0 Å². The minimum Gasteiger partial charge on any atom is -0.495 e. The first kappa shape index (κ1) is 35.5. The molecule has 4 rings (SSSR count). The molecule has 0 bridgehead atoms. The predicted octanol–water partition coefficient (Wildman–Crippen LogP) is 6.72. The number of aryl methyl sites for hydroxylation is 2. The number of hydrogen-bond acceptors (Lipinski definition) is 5. The highest BCUT2D eigenvalue weighted by atomic mass is 35.5. The Kier molecular flexibility index (Phi) is 11.4. The van der Waals surface area contributed by atoms with Crippen molar-refractivity contribution in [1.29, 1.82) is 0 Å². The van der Waals surface area contributed by atoms with Gasteiger partial charge in [0.05, 0.1) is 17.7 Å². The van der Waals surface area contributed by atoms with Gasteiger partial charge in [0.2, 0.25) is 11.8 Å². The van der Waals surface area contributed by atoms with Crippen LogP contribution in [0.2, 0.25) is 5.02 Å². The molecule has 0 saturated carbocycles. The van der Waals surface area contributed by atoms with Gasteiger partial charge in [0.25, 0.3) is 10.0 Å². The Hall–Kier alpha value is -4.34. The monoisotopic (exact) mass is 675 g/mol. The van der Waals surface area contributed by atoms with Gasteiger partial charge in [-0.05, 0) is 87.7 Å². The first-order chi connectivity index (χ1) is 22.2. The fourth-order valence-electron chi connectivity index (χ4n) is 5.14. The molecule has 4 aromatic rings. The summed E-state index contributed by atoms with van der Waals surface area (Å²) >= 11 is 6.17. The number of nitrogens with zero attached hydrogens (tertiary/aromatic N) is 2. The molecule has 47 heavy (non-hydrogen) atoms. The van der Waals surface area contributed by atoms with Gasteiger partial charge in [-0.3, -0.25) is 13.9 Å². The number of hydrogen-bond donors (Lipinski definition) is 1. The van der Waals surface area contributed by atoms with Crippen LogP contribution in [0, 0.1) is 13.8 Å². The maximum Gasteiger partial charge on any atom is 0.264 e. The standard InChI is InChI=1S/C37H42ClN3O5S/c1-26-12-19-31(20-13-26)47(44,45)41(32-22-27(2)14-21-34(32)46-6)25-35(42)40(24-29-15-17-30(38)18-16-29)33(36(43)39-37(3,4)5)23-28-10-8-7-9-11-28/h7-22,33H,23-25H2,1-6H3,(H,39,43)/t33-/m1/s1. The van der Waals surface area contributed by atoms with Gasteiger partial charge in [-0.15, -0.1) is 0 Å². The summed E-state index contributed by atoms with van der Waals surface area (Å²) in [6.45, 7) is 8.76. The highest BCUT2D eigenvalue weighted by Crippen LogP contribution is 2.34. The zero-order valence-corrected chi connectivity index (χ0v) is 29.2. The number of halogens is 1. The van der Waals surface area contributed by atoms with E-state index < -0.39 is 34.1 Å². The molecule has 248 valence electrons. The van der Waals surface area contributed by atoms with Crippen LogP contribution in [0.5, 0.6) is 5.75 Å². The molecule has 0 fully saturated rings. The number of ether oxygens (including phenoxy) is 1. The summed E-state index contributed by atoms with van der Waals surface area (Å²) in [5.74, 6) is -0.636. The largest absolute Gasteiger partial charge is 0.495 e. The molecule has 4 aromatic carbocycles. The molecule has 0 heterocycles. The Morgan fingerprint density at radius 1 is 0.851 bits per heavy atom. The molecule has 0 spiro atoms. The Morgan fingerprint density at radius 3 is 2.06 bits per heavy atom. The minimum atomic E-state index is -4.27. The summed E-state index contributed by atoms with van der Waals surface area (Å²) < 4.78 is 35.4. The van der Waals surface area contributed by atoms with E-state index in [1.807, 2.05) is 65.0 Å². The van der Waals surface area contributed by atoms with Gasteiger partial charge in [0.1, 0.15) is 18.3 Å². The summed E-state index contributed by atoms with van der Waals surface area (Å²) in [7, 11) is -2.82. The van der Waals surface area contributed by atoms with Gasteiger partial charge in [-0.1, -0.05) is 77.8 Å². The van der Waals surface area contributed by atoms with Crippen LogP contribution in [-0.4, -0.2) is 50.4 Å². The van der Waals surface area contributed by atoms with Crippen LogP contribution in [0.3, 0.4) is 0 Å². The molecule has 0 aliphatic rings. The fraction of sp³-hybridized carbons (Fsp3) is 0.297. The van der Waals surface area contributed by atoms with Crippen molar-refractivity contribution < 1.29 is 22.7 Å². The van der Waals surface area contributed by atoms with E-state index >= 15 is 0 Å². The van der Waals surface area contributed by atoms with Gasteiger partial charge < -0.3 is 15.0 Å². The second-order valence-electron chi connectivity index (χ2n) is 12.6. The van der Waals surface area contributed by atoms with E-state index in [1.54, 1.807) is 54.6 Å². The molecule has 2 amide bonds. The number of methoxy groups -OCH3 is 1. The lowest BCUT2D eigenvalue weighted by Gasteiger charge is -2.35. The van der Waals surface area contributed by atoms with Crippen LogP contribution in [0.4, 0.5) is 5.69 Å². The van der Waals surface area contributed by atoms with Crippen molar-refractivity contribution in [3.05, 3.63) is 124 Å². The number of rotatable bonds is 12. The Labute approximate surface area is 283 Å². The Morgan fingerprint density at radius 2 is 1.47 bits per heavy atom. The van der Waals surface area contributed by atoms with Crippen molar-refractivity contribution in [2.45, 2.75) is 64.1 Å². The van der Waals surface area contributed by atoms with Crippen LogP contribution in [-0.2, 0) is 32.6 Å². The van der Waals surface area contributed by atoms with Crippen LogP contribution >= 0.6 is 11.6 Å². The van der Waals surface area contributed by atoms with Gasteiger partial charge >= 0.3 is 0 Å². The molecule has 1 N–H and O–H groups in total. The summed E-state index contributed by atoms with van der Waals surface area (Å²) in [6, 6.07) is 27.1. The SMILES string of the molecule is COc1ccc(C)cc1N(CC(=O)N(Cc1ccc(Cl)cc1)[C@H](Cc1ccccc1)C(=O)NC(C)(C)C)S(=O)(=O)c1ccc(C)cc1. The van der Waals surface area contributed by atoms with Crippen molar-refractivity contribution in [2.24, 2.45) is 0 Å².